The van der Waals surface area contributed by atoms with Gasteiger partial charge in [0.2, 0.25) is 21.8 Å². The van der Waals surface area contributed by atoms with Gasteiger partial charge in [0.15, 0.2) is 0 Å². The predicted molar refractivity (Wildman–Crippen MR) is 135 cm³/mol. The van der Waals surface area contributed by atoms with Crippen molar-refractivity contribution in [2.45, 2.75) is 39.3 Å². The van der Waals surface area contributed by atoms with Crippen molar-refractivity contribution in [2.75, 3.05) is 30.8 Å². The van der Waals surface area contributed by atoms with Gasteiger partial charge < -0.3 is 15.0 Å². The Morgan fingerprint density at radius 2 is 1.76 bits per heavy atom. The number of hydrogen-bond acceptors (Lipinski definition) is 5. The maximum Gasteiger partial charge on any atom is 0.242 e. The van der Waals surface area contributed by atoms with Gasteiger partial charge in [-0.05, 0) is 50.1 Å². The second-order valence-corrected chi connectivity index (χ2v) is 10.2. The Labute approximate surface area is 206 Å². The van der Waals surface area contributed by atoms with Crippen molar-refractivity contribution in [3.8, 4) is 5.75 Å². The van der Waals surface area contributed by atoms with Gasteiger partial charge in [0.05, 0.1) is 19.1 Å². The summed E-state index contributed by atoms with van der Waals surface area (Å²) in [5.41, 5.74) is 1.24. The lowest BCUT2D eigenvalue weighted by atomic mass is 10.1. The number of nitrogens with zero attached hydrogens (tertiary/aromatic N) is 2. The first-order chi connectivity index (χ1) is 16.1. The van der Waals surface area contributed by atoms with Crippen molar-refractivity contribution in [1.82, 2.24) is 10.2 Å². The number of nitrogens with one attached hydrogen (secondary N) is 1. The average molecular weight is 510 g/mol. The molecule has 0 aliphatic rings. The molecule has 0 aromatic heterocycles. The third-order valence-electron chi connectivity index (χ3n) is 5.29. The number of halogens is 1. The number of carbonyl (C=O) groups is 2. The summed E-state index contributed by atoms with van der Waals surface area (Å²) in [7, 11) is -2.13. The van der Waals surface area contributed by atoms with Crippen LogP contribution in [0, 0.1) is 0 Å². The topological polar surface area (TPSA) is 96.0 Å². The molecule has 0 aliphatic heterocycles. The van der Waals surface area contributed by atoms with E-state index in [1.807, 2.05) is 6.92 Å². The fourth-order valence-corrected chi connectivity index (χ4v) is 4.60. The highest BCUT2D eigenvalue weighted by atomic mass is 35.5. The second kappa shape index (κ2) is 12.6. The molecule has 0 unspecified atom stereocenters. The number of ether oxygens (including phenoxy) is 1. The van der Waals surface area contributed by atoms with Gasteiger partial charge in [-0.15, -0.1) is 0 Å². The highest BCUT2D eigenvalue weighted by molar-refractivity contribution is 7.92. The minimum Gasteiger partial charge on any atom is -0.495 e. The van der Waals surface area contributed by atoms with Crippen LogP contribution in [0.5, 0.6) is 5.75 Å². The summed E-state index contributed by atoms with van der Waals surface area (Å²) in [6.07, 6.45) is 1.45. The van der Waals surface area contributed by atoms with E-state index in [4.69, 9.17) is 16.3 Å². The zero-order valence-electron chi connectivity index (χ0n) is 20.0. The normalized spacial score (nSPS) is 12.0. The summed E-state index contributed by atoms with van der Waals surface area (Å²) in [6, 6.07) is 13.2. The molecule has 1 atom stereocenters. The summed E-state index contributed by atoms with van der Waals surface area (Å²) in [6.45, 7) is 4.27. The van der Waals surface area contributed by atoms with Crippen LogP contribution in [-0.4, -0.2) is 57.6 Å². The molecule has 2 rings (SSSR count). The Morgan fingerprint density at radius 1 is 1.12 bits per heavy atom. The Bertz CT molecular complexity index is 1080. The molecule has 8 nitrogen and oxygen atoms in total. The van der Waals surface area contributed by atoms with Crippen LogP contribution in [0.3, 0.4) is 0 Å². The molecule has 0 fully saturated rings. The van der Waals surface area contributed by atoms with Crippen molar-refractivity contribution in [2.24, 2.45) is 0 Å². The molecule has 0 radical (unpaired) electrons. The third kappa shape index (κ3) is 7.63. The van der Waals surface area contributed by atoms with E-state index in [0.717, 1.165) is 11.8 Å². The maximum absolute atomic E-state index is 13.2. The molecule has 0 bridgehead atoms. The lowest BCUT2D eigenvalue weighted by Crippen LogP contribution is -2.47. The summed E-state index contributed by atoms with van der Waals surface area (Å²) in [4.78, 5) is 27.2. The molecule has 2 amide bonds. The molecule has 10 heteroatoms. The standard InChI is InChI=1S/C24H32ClN3O5S/c1-5-26-24(30)18(2)27(17-19-12-14-20(25)15-13-19)23(29)11-8-16-28(34(4,31)32)21-9-6-7-10-22(21)33-3/h6-7,9-10,12-15,18H,5,8,11,16-17H2,1-4H3,(H,26,30)/t18-/m1/s1. The van der Waals surface area contributed by atoms with Gasteiger partial charge in [-0.25, -0.2) is 8.42 Å². The van der Waals surface area contributed by atoms with E-state index in [0.29, 0.717) is 23.0 Å². The van der Waals surface area contributed by atoms with E-state index in [-0.39, 0.29) is 37.7 Å². The van der Waals surface area contributed by atoms with E-state index in [1.165, 1.54) is 16.3 Å². The van der Waals surface area contributed by atoms with Gasteiger partial charge in [-0.1, -0.05) is 35.9 Å². The van der Waals surface area contributed by atoms with Crippen molar-refractivity contribution >= 4 is 39.1 Å². The number of methoxy groups -OCH3 is 1. The Balaban J connectivity index is 2.17. The SMILES string of the molecule is CCNC(=O)[C@@H](C)N(Cc1ccc(Cl)cc1)C(=O)CCCN(c1ccccc1OC)S(C)(=O)=O. The van der Waals surface area contributed by atoms with Gasteiger partial charge in [0.25, 0.3) is 0 Å². The number of likely N-dealkylation sites (N-methyl/N-ethyl adjacent to an activating group) is 1. The van der Waals surface area contributed by atoms with Gasteiger partial charge in [-0.3, -0.25) is 13.9 Å². The fraction of sp³-hybridized carbons (Fsp3) is 0.417. The lowest BCUT2D eigenvalue weighted by Gasteiger charge is -2.29. The maximum atomic E-state index is 13.2. The Morgan fingerprint density at radius 3 is 2.35 bits per heavy atom. The number of para-hydroxylation sites is 2. The minimum atomic E-state index is -3.61. The number of hydrogen-bond donors (Lipinski definition) is 1. The number of rotatable bonds is 12. The van der Waals surface area contributed by atoms with Gasteiger partial charge in [-0.2, -0.15) is 0 Å². The molecule has 2 aromatic carbocycles. The number of amides is 2. The number of carbonyl (C=O) groups excluding carboxylic acids is 2. The van der Waals surface area contributed by atoms with E-state index in [9.17, 15) is 18.0 Å². The molecule has 2 aromatic rings. The van der Waals surface area contributed by atoms with E-state index >= 15 is 0 Å². The van der Waals surface area contributed by atoms with Crippen LogP contribution < -0.4 is 14.4 Å². The van der Waals surface area contributed by atoms with Gasteiger partial charge >= 0.3 is 0 Å². The fourth-order valence-electron chi connectivity index (χ4n) is 3.51. The molecule has 0 saturated heterocycles. The van der Waals surface area contributed by atoms with Gasteiger partial charge in [0, 0.05) is 31.1 Å². The highest BCUT2D eigenvalue weighted by Gasteiger charge is 2.27. The lowest BCUT2D eigenvalue weighted by molar-refractivity contribution is -0.140. The zero-order chi connectivity index (χ0) is 25.3. The van der Waals surface area contributed by atoms with Crippen LogP contribution in [0.25, 0.3) is 0 Å². The monoisotopic (exact) mass is 509 g/mol. The summed E-state index contributed by atoms with van der Waals surface area (Å²) >= 11 is 5.96. The molecular weight excluding hydrogens is 478 g/mol. The molecular formula is C24H32ClN3O5S. The van der Waals surface area contributed by atoms with Crippen LogP contribution >= 0.6 is 11.6 Å². The average Bonchev–Trinajstić information content (AvgIpc) is 2.80. The van der Waals surface area contributed by atoms with Crippen LogP contribution in [0.2, 0.25) is 5.02 Å². The summed E-state index contributed by atoms with van der Waals surface area (Å²) in [5.74, 6) is -0.0766. The second-order valence-electron chi connectivity index (χ2n) is 7.83. The van der Waals surface area contributed by atoms with Crippen LogP contribution in [0.15, 0.2) is 48.5 Å². The number of anilines is 1. The van der Waals surface area contributed by atoms with E-state index in [2.05, 4.69) is 5.32 Å². The molecule has 0 spiro atoms. The Hall–Kier alpha value is -2.78. The van der Waals surface area contributed by atoms with Gasteiger partial charge in [0.1, 0.15) is 11.8 Å². The first-order valence-corrected chi connectivity index (χ1v) is 13.2. The van der Waals surface area contributed by atoms with Crippen molar-refractivity contribution in [3.05, 3.63) is 59.1 Å². The molecule has 0 saturated carbocycles. The predicted octanol–water partition coefficient (Wildman–Crippen LogP) is 3.45. The summed E-state index contributed by atoms with van der Waals surface area (Å²) < 4.78 is 31.5. The molecule has 0 heterocycles. The first kappa shape index (κ1) is 27.5. The number of benzene rings is 2. The third-order valence-corrected chi connectivity index (χ3v) is 6.72. The van der Waals surface area contributed by atoms with Crippen LogP contribution in [-0.2, 0) is 26.2 Å². The smallest absolute Gasteiger partial charge is 0.242 e. The zero-order valence-corrected chi connectivity index (χ0v) is 21.5. The van der Waals surface area contributed by atoms with Crippen molar-refractivity contribution < 1.29 is 22.7 Å². The van der Waals surface area contributed by atoms with Crippen LogP contribution in [0.4, 0.5) is 5.69 Å². The molecule has 186 valence electrons. The summed E-state index contributed by atoms with van der Waals surface area (Å²) in [5, 5.41) is 3.33. The molecule has 0 aliphatic carbocycles. The molecule has 1 N–H and O–H groups in total. The number of sulfonamides is 1. The van der Waals surface area contributed by atoms with Crippen molar-refractivity contribution in [3.63, 3.8) is 0 Å². The largest absolute Gasteiger partial charge is 0.495 e. The van der Waals surface area contributed by atoms with E-state index in [1.54, 1.807) is 55.5 Å². The highest BCUT2D eigenvalue weighted by Crippen LogP contribution is 2.29. The van der Waals surface area contributed by atoms with Crippen LogP contribution in [0.1, 0.15) is 32.3 Å². The Kier molecular flexibility index (Phi) is 10.2. The molecule has 34 heavy (non-hydrogen) atoms. The van der Waals surface area contributed by atoms with Crippen molar-refractivity contribution in [1.29, 1.82) is 0 Å². The quantitative estimate of drug-likeness (QED) is 0.472. The minimum absolute atomic E-state index is 0.0680. The van der Waals surface area contributed by atoms with E-state index < -0.39 is 16.1 Å². The first-order valence-electron chi connectivity index (χ1n) is 11.0.